The molecule has 1 aromatic carbocycles. The summed E-state index contributed by atoms with van der Waals surface area (Å²) in [6, 6.07) is 9.92. The summed E-state index contributed by atoms with van der Waals surface area (Å²) in [5.41, 5.74) is 6.90. The van der Waals surface area contributed by atoms with Crippen molar-refractivity contribution in [1.82, 2.24) is 4.37 Å². The van der Waals surface area contributed by atoms with Gasteiger partial charge >= 0.3 is 0 Å². The van der Waals surface area contributed by atoms with Crippen LogP contribution in [0.15, 0.2) is 35.2 Å². The second kappa shape index (κ2) is 6.44. The van der Waals surface area contributed by atoms with Gasteiger partial charge in [-0.25, -0.2) is 8.42 Å². The zero-order valence-electron chi connectivity index (χ0n) is 12.1. The Hall–Kier alpha value is -1.60. The topological polar surface area (TPSA) is 76.3 Å². The fourth-order valence-electron chi connectivity index (χ4n) is 2.05. The number of rotatable bonds is 6. The Labute approximate surface area is 129 Å². The molecule has 0 unspecified atom stereocenters. The Bertz CT molecular complexity index is 696. The number of anilines is 2. The normalized spacial score (nSPS) is 11.5. The van der Waals surface area contributed by atoms with E-state index in [1.54, 1.807) is 6.92 Å². The third-order valence-corrected chi connectivity index (χ3v) is 6.07. The van der Waals surface area contributed by atoms with Crippen molar-refractivity contribution in [1.29, 1.82) is 0 Å². The Morgan fingerprint density at radius 2 is 1.90 bits per heavy atom. The van der Waals surface area contributed by atoms with Crippen LogP contribution in [0.2, 0.25) is 0 Å². The maximum atomic E-state index is 12.2. The highest BCUT2D eigenvalue weighted by Crippen LogP contribution is 2.36. The Morgan fingerprint density at radius 3 is 2.48 bits per heavy atom. The summed E-state index contributed by atoms with van der Waals surface area (Å²) >= 11 is 1.14. The maximum Gasteiger partial charge on any atom is 0.184 e. The van der Waals surface area contributed by atoms with Crippen LogP contribution in [0.4, 0.5) is 10.8 Å². The van der Waals surface area contributed by atoms with Gasteiger partial charge in [0.1, 0.15) is 9.90 Å². The summed E-state index contributed by atoms with van der Waals surface area (Å²) in [5, 5.41) is 0.626. The van der Waals surface area contributed by atoms with Gasteiger partial charge < -0.3 is 10.6 Å². The van der Waals surface area contributed by atoms with Gasteiger partial charge in [0.05, 0.1) is 5.75 Å². The maximum absolute atomic E-state index is 12.2. The molecule has 2 rings (SSSR count). The number of nitrogens with two attached hydrogens (primary N) is 1. The molecule has 2 N–H and O–H groups in total. The molecule has 0 saturated heterocycles. The predicted octanol–water partition coefficient (Wildman–Crippen LogP) is 2.55. The van der Waals surface area contributed by atoms with Crippen LogP contribution >= 0.6 is 11.5 Å². The van der Waals surface area contributed by atoms with Crippen LogP contribution in [0.25, 0.3) is 0 Å². The fraction of sp³-hybridized carbons (Fsp3) is 0.357. The fourth-order valence-corrected chi connectivity index (χ4v) is 4.43. The molecule has 0 fully saturated rings. The second-order valence-electron chi connectivity index (χ2n) is 4.61. The van der Waals surface area contributed by atoms with E-state index < -0.39 is 9.84 Å². The molecular weight excluding hydrogens is 306 g/mol. The van der Waals surface area contributed by atoms with Crippen LogP contribution in [0.3, 0.4) is 0 Å². The summed E-state index contributed by atoms with van der Waals surface area (Å²) in [6.07, 6.45) is 0. The van der Waals surface area contributed by atoms with Crippen molar-refractivity contribution in [2.75, 3.05) is 22.9 Å². The van der Waals surface area contributed by atoms with Gasteiger partial charge in [0.25, 0.3) is 0 Å². The molecule has 1 heterocycles. The lowest BCUT2D eigenvalue weighted by Crippen LogP contribution is -2.23. The quantitative estimate of drug-likeness (QED) is 0.883. The van der Waals surface area contributed by atoms with E-state index in [1.165, 1.54) is 0 Å². The van der Waals surface area contributed by atoms with E-state index in [1.807, 2.05) is 42.2 Å². The highest BCUT2D eigenvalue weighted by molar-refractivity contribution is 7.91. The summed E-state index contributed by atoms with van der Waals surface area (Å²) in [7, 11) is -3.38. The molecule has 0 radical (unpaired) electrons. The van der Waals surface area contributed by atoms with Gasteiger partial charge in [-0.05, 0) is 24.0 Å². The molecule has 1 aromatic heterocycles. The Balaban J connectivity index is 2.40. The van der Waals surface area contributed by atoms with Crippen molar-refractivity contribution < 1.29 is 8.42 Å². The van der Waals surface area contributed by atoms with E-state index in [9.17, 15) is 8.42 Å². The summed E-state index contributed by atoms with van der Waals surface area (Å²) in [5.74, 6) is 0.120. The van der Waals surface area contributed by atoms with Gasteiger partial charge in [0.2, 0.25) is 0 Å². The molecule has 0 bridgehead atoms. The first-order valence-electron chi connectivity index (χ1n) is 6.76. The van der Waals surface area contributed by atoms with Crippen molar-refractivity contribution >= 4 is 32.2 Å². The van der Waals surface area contributed by atoms with Crippen molar-refractivity contribution in [3.63, 3.8) is 0 Å². The van der Waals surface area contributed by atoms with Gasteiger partial charge in [0.15, 0.2) is 15.7 Å². The van der Waals surface area contributed by atoms with Gasteiger partial charge in [-0.15, -0.1) is 0 Å². The lowest BCUT2D eigenvalue weighted by molar-refractivity contribution is 0.597. The SMILES string of the molecule is CCN(Cc1ccccc1)c1snc(N)c1S(=O)(=O)CC. The number of nitrogens with zero attached hydrogens (tertiary/aromatic N) is 2. The summed E-state index contributed by atoms with van der Waals surface area (Å²) in [4.78, 5) is 2.17. The molecule has 2 aromatic rings. The first-order chi connectivity index (χ1) is 9.99. The molecule has 0 amide bonds. The van der Waals surface area contributed by atoms with Crippen molar-refractivity contribution in [3.8, 4) is 0 Å². The van der Waals surface area contributed by atoms with Crippen LogP contribution in [-0.4, -0.2) is 25.1 Å². The van der Waals surface area contributed by atoms with Crippen molar-refractivity contribution in [2.24, 2.45) is 0 Å². The van der Waals surface area contributed by atoms with Gasteiger partial charge in [0, 0.05) is 13.1 Å². The second-order valence-corrected chi connectivity index (χ2v) is 7.57. The zero-order chi connectivity index (χ0) is 15.5. The minimum atomic E-state index is -3.38. The lowest BCUT2D eigenvalue weighted by Gasteiger charge is -2.22. The number of nitrogen functional groups attached to an aromatic ring is 1. The average Bonchev–Trinajstić information content (AvgIpc) is 2.88. The molecule has 0 atom stereocenters. The summed E-state index contributed by atoms with van der Waals surface area (Å²) in [6.45, 7) is 4.92. The van der Waals surface area contributed by atoms with Crippen LogP contribution in [0, 0.1) is 0 Å². The molecule has 21 heavy (non-hydrogen) atoms. The lowest BCUT2D eigenvalue weighted by atomic mass is 10.2. The minimum Gasteiger partial charge on any atom is -0.382 e. The highest BCUT2D eigenvalue weighted by Gasteiger charge is 2.26. The van der Waals surface area contributed by atoms with Crippen LogP contribution < -0.4 is 10.6 Å². The minimum absolute atomic E-state index is 0.0193. The Kier molecular flexibility index (Phi) is 4.84. The smallest absolute Gasteiger partial charge is 0.184 e. The number of benzene rings is 1. The Morgan fingerprint density at radius 1 is 1.24 bits per heavy atom. The van der Waals surface area contributed by atoms with E-state index in [-0.39, 0.29) is 16.5 Å². The molecule has 0 aliphatic heterocycles. The van der Waals surface area contributed by atoms with E-state index in [0.29, 0.717) is 18.1 Å². The number of hydrogen-bond acceptors (Lipinski definition) is 6. The van der Waals surface area contributed by atoms with Crippen LogP contribution in [-0.2, 0) is 16.4 Å². The average molecular weight is 325 g/mol. The van der Waals surface area contributed by atoms with Gasteiger partial charge in [-0.3, -0.25) is 0 Å². The monoisotopic (exact) mass is 325 g/mol. The highest BCUT2D eigenvalue weighted by atomic mass is 32.2. The van der Waals surface area contributed by atoms with E-state index in [0.717, 1.165) is 17.1 Å². The number of aromatic nitrogens is 1. The van der Waals surface area contributed by atoms with Crippen molar-refractivity contribution in [3.05, 3.63) is 35.9 Å². The molecule has 0 saturated carbocycles. The molecule has 5 nitrogen and oxygen atoms in total. The van der Waals surface area contributed by atoms with E-state index >= 15 is 0 Å². The molecule has 0 aliphatic carbocycles. The molecular formula is C14H19N3O2S2. The molecule has 7 heteroatoms. The predicted molar refractivity (Wildman–Crippen MR) is 87.4 cm³/mol. The first-order valence-corrected chi connectivity index (χ1v) is 9.19. The number of hydrogen-bond donors (Lipinski definition) is 1. The number of sulfone groups is 1. The van der Waals surface area contributed by atoms with E-state index in [4.69, 9.17) is 5.73 Å². The van der Waals surface area contributed by atoms with Crippen molar-refractivity contribution in [2.45, 2.75) is 25.3 Å². The summed E-state index contributed by atoms with van der Waals surface area (Å²) < 4.78 is 28.5. The first kappa shape index (κ1) is 15.8. The standard InChI is InChI=1S/C14H19N3O2S2/c1-3-17(10-11-8-6-5-7-9-11)14-12(13(15)16-20-14)21(18,19)4-2/h5-9H,3-4,10H2,1-2H3,(H2,15,16). The van der Waals surface area contributed by atoms with Gasteiger partial charge in [-0.1, -0.05) is 37.3 Å². The largest absolute Gasteiger partial charge is 0.382 e. The van der Waals surface area contributed by atoms with E-state index in [2.05, 4.69) is 4.37 Å². The molecule has 114 valence electrons. The van der Waals surface area contributed by atoms with Crippen LogP contribution in [0.5, 0.6) is 0 Å². The zero-order valence-corrected chi connectivity index (χ0v) is 13.7. The van der Waals surface area contributed by atoms with Crippen LogP contribution in [0.1, 0.15) is 19.4 Å². The molecule has 0 aliphatic rings. The van der Waals surface area contributed by atoms with Gasteiger partial charge in [-0.2, -0.15) is 4.37 Å². The third kappa shape index (κ3) is 3.36. The third-order valence-electron chi connectivity index (χ3n) is 3.23. The molecule has 0 spiro atoms.